The van der Waals surface area contributed by atoms with Gasteiger partial charge in [0.25, 0.3) is 5.91 Å². The molecule has 6 aliphatic heterocycles. The van der Waals surface area contributed by atoms with Crippen LogP contribution in [0.1, 0.15) is 60.9 Å². The predicted molar refractivity (Wildman–Crippen MR) is 253 cm³/mol. The summed E-state index contributed by atoms with van der Waals surface area (Å²) in [7, 11) is 0. The van der Waals surface area contributed by atoms with Gasteiger partial charge in [-0.1, -0.05) is 0 Å². The molecule has 1 saturated carbocycles. The number of anilines is 4. The van der Waals surface area contributed by atoms with Gasteiger partial charge < -0.3 is 30.5 Å². The third kappa shape index (κ3) is 8.71. The van der Waals surface area contributed by atoms with Crippen molar-refractivity contribution in [1.29, 1.82) is 0 Å². The number of nitrogens with zero attached hydrogens (tertiary/aromatic N) is 6. The van der Waals surface area contributed by atoms with Crippen LogP contribution in [-0.4, -0.2) is 118 Å². The van der Waals surface area contributed by atoms with E-state index >= 15 is 0 Å². The van der Waals surface area contributed by atoms with Crippen molar-refractivity contribution in [3.63, 3.8) is 0 Å². The highest BCUT2D eigenvalue weighted by Crippen LogP contribution is 2.48. The van der Waals surface area contributed by atoms with Crippen LogP contribution < -0.4 is 30.9 Å². The maximum absolute atomic E-state index is 13.3. The second-order valence-electron chi connectivity index (χ2n) is 19.1. The number of hydrogen-bond acceptors (Lipinski definition) is 12. The molecule has 8 heterocycles. The molecule has 0 radical (unpaired) electrons. The smallest absolute Gasteiger partial charge is 0.256 e. The van der Waals surface area contributed by atoms with Gasteiger partial charge in [-0.15, -0.1) is 0 Å². The minimum Gasteiger partial charge on any atom is -0.457 e. The van der Waals surface area contributed by atoms with Crippen molar-refractivity contribution in [2.24, 2.45) is 11.3 Å². The molecule has 5 aromatic rings. The summed E-state index contributed by atoms with van der Waals surface area (Å²) >= 11 is 0. The molecule has 350 valence electrons. The van der Waals surface area contributed by atoms with Crippen LogP contribution in [0, 0.1) is 17.2 Å². The van der Waals surface area contributed by atoms with Crippen molar-refractivity contribution in [2.45, 2.75) is 69.6 Å². The Hall–Kier alpha value is -6.98. The zero-order chi connectivity index (χ0) is 46.5. The van der Waals surface area contributed by atoms with Crippen molar-refractivity contribution in [3.05, 3.63) is 108 Å². The maximum Gasteiger partial charge on any atom is 0.256 e. The molecule has 68 heavy (non-hydrogen) atoms. The summed E-state index contributed by atoms with van der Waals surface area (Å²) < 4.78 is 19.6. The summed E-state index contributed by atoms with van der Waals surface area (Å²) in [5.74, 6) is 0.552. The Balaban J connectivity index is 0.619. The van der Waals surface area contributed by atoms with E-state index in [0.717, 1.165) is 86.6 Å². The Labute approximate surface area is 392 Å². The first-order valence-electron chi connectivity index (χ1n) is 23.7. The number of aromatic nitrogens is 2. The summed E-state index contributed by atoms with van der Waals surface area (Å²) in [5.41, 5.74) is 3.20. The Kier molecular flexibility index (Phi) is 11.5. The van der Waals surface area contributed by atoms with Crippen LogP contribution in [0.3, 0.4) is 0 Å². The van der Waals surface area contributed by atoms with Crippen LogP contribution in [0.15, 0.2) is 91.3 Å². The molecule has 4 N–H and O–H groups in total. The SMILES string of the molecule is O=C1CCC(N2Cc3cc(NCCN4CC5CC(C4)N5CC4CCN(c5ccc6c(Oc7ccc(NC(=O)C8(C(=O)Nc9ccc(F)cc9)CC8)cc7)ccnc6c5)CC4)ncc3C2=O)C(=O)N1. The maximum atomic E-state index is 13.3. The second kappa shape index (κ2) is 17.9. The lowest BCUT2D eigenvalue weighted by Crippen LogP contribution is -2.69. The molecule has 2 bridgehead atoms. The highest BCUT2D eigenvalue weighted by molar-refractivity contribution is 6.17. The van der Waals surface area contributed by atoms with E-state index in [1.54, 1.807) is 41.6 Å². The second-order valence-corrected chi connectivity index (χ2v) is 19.1. The van der Waals surface area contributed by atoms with E-state index in [9.17, 15) is 28.4 Å². The highest BCUT2D eigenvalue weighted by Gasteiger charge is 2.56. The number of imide groups is 1. The van der Waals surface area contributed by atoms with E-state index in [0.29, 0.717) is 72.2 Å². The van der Waals surface area contributed by atoms with Crippen LogP contribution in [0.5, 0.6) is 11.5 Å². The molecule has 1 aliphatic carbocycles. The monoisotopic (exact) mass is 920 g/mol. The molecule has 7 aliphatic rings. The van der Waals surface area contributed by atoms with Gasteiger partial charge in [0.05, 0.1) is 11.1 Å². The average Bonchev–Trinajstić information content (AvgIpc) is 4.11. The first-order chi connectivity index (χ1) is 33.0. The third-order valence-electron chi connectivity index (χ3n) is 14.8. The molecular formula is C51H53FN10O6. The average molecular weight is 921 g/mol. The Morgan fingerprint density at radius 2 is 1.57 bits per heavy atom. The number of amides is 5. The number of nitrogens with one attached hydrogen (secondary N) is 4. The number of piperidine rings is 3. The lowest BCUT2D eigenvalue weighted by atomic mass is 9.84. The van der Waals surface area contributed by atoms with Crippen LogP contribution in [-0.2, 0) is 25.7 Å². The summed E-state index contributed by atoms with van der Waals surface area (Å²) in [6.45, 7) is 7.26. The lowest BCUT2D eigenvalue weighted by Gasteiger charge is -2.57. The van der Waals surface area contributed by atoms with Crippen molar-refractivity contribution in [3.8, 4) is 11.5 Å². The molecular weight excluding hydrogens is 868 g/mol. The fourth-order valence-electron chi connectivity index (χ4n) is 10.7. The topological polar surface area (TPSA) is 181 Å². The molecule has 16 nitrogen and oxygen atoms in total. The van der Waals surface area contributed by atoms with E-state index < -0.39 is 29.1 Å². The Morgan fingerprint density at radius 1 is 0.853 bits per heavy atom. The van der Waals surface area contributed by atoms with Crippen LogP contribution >= 0.6 is 0 Å². The number of carbonyl (C=O) groups is 5. The van der Waals surface area contributed by atoms with Gasteiger partial charge in [-0.25, -0.2) is 9.37 Å². The Morgan fingerprint density at radius 3 is 2.28 bits per heavy atom. The minimum atomic E-state index is -1.15. The van der Waals surface area contributed by atoms with Gasteiger partial charge in [0, 0.05) is 106 Å². The van der Waals surface area contributed by atoms with Gasteiger partial charge in [0.1, 0.15) is 34.6 Å². The normalized spacial score (nSPS) is 22.3. The zero-order valence-electron chi connectivity index (χ0n) is 37.6. The molecule has 3 aromatic carbocycles. The summed E-state index contributed by atoms with van der Waals surface area (Å²) in [6.07, 6.45) is 8.34. The number of fused-ring (bicyclic) bond motifs is 4. The molecule has 3 unspecified atom stereocenters. The van der Waals surface area contributed by atoms with Gasteiger partial charge in [-0.05, 0) is 129 Å². The zero-order valence-corrected chi connectivity index (χ0v) is 37.6. The first kappa shape index (κ1) is 43.6. The molecule has 12 rings (SSSR count). The van der Waals surface area contributed by atoms with Gasteiger partial charge in [0.15, 0.2) is 0 Å². The molecule has 3 atom stereocenters. The van der Waals surface area contributed by atoms with E-state index in [-0.39, 0.29) is 24.1 Å². The third-order valence-corrected chi connectivity index (χ3v) is 14.8. The molecule has 6 fully saturated rings. The molecule has 2 aromatic heterocycles. The van der Waals surface area contributed by atoms with E-state index in [2.05, 4.69) is 64.1 Å². The summed E-state index contributed by atoms with van der Waals surface area (Å²) in [5, 5.41) is 12.3. The van der Waals surface area contributed by atoms with Gasteiger partial charge in [-0.2, -0.15) is 0 Å². The number of hydrogen-bond donors (Lipinski definition) is 4. The van der Waals surface area contributed by atoms with Gasteiger partial charge >= 0.3 is 0 Å². The highest BCUT2D eigenvalue weighted by atomic mass is 19.1. The molecule has 17 heteroatoms. The molecule has 0 spiro atoms. The largest absolute Gasteiger partial charge is 0.457 e. The molecule has 5 amide bonds. The summed E-state index contributed by atoms with van der Waals surface area (Å²) in [6, 6.07) is 23.2. The fraction of sp³-hybridized carbons (Fsp3) is 0.392. The number of ether oxygens (including phenoxy) is 1. The summed E-state index contributed by atoms with van der Waals surface area (Å²) in [4.78, 5) is 81.8. The number of piperazine rings is 1. The number of carbonyl (C=O) groups excluding carboxylic acids is 5. The predicted octanol–water partition coefficient (Wildman–Crippen LogP) is 5.77. The minimum absolute atomic E-state index is 0.214. The van der Waals surface area contributed by atoms with Crippen molar-refractivity contribution >= 4 is 63.3 Å². The fourth-order valence-corrected chi connectivity index (χ4v) is 10.7. The Bertz CT molecular complexity index is 2790. The quantitative estimate of drug-likeness (QED) is 0.0782. The lowest BCUT2D eigenvalue weighted by molar-refractivity contribution is -0.137. The van der Waals surface area contributed by atoms with Gasteiger partial charge in [0.2, 0.25) is 23.6 Å². The van der Waals surface area contributed by atoms with Gasteiger partial charge in [-0.3, -0.25) is 44.1 Å². The first-order valence-corrected chi connectivity index (χ1v) is 23.7. The molecule has 5 saturated heterocycles. The van der Waals surface area contributed by atoms with Crippen molar-refractivity contribution in [2.75, 3.05) is 66.7 Å². The number of benzene rings is 3. The van der Waals surface area contributed by atoms with E-state index in [1.165, 1.54) is 30.7 Å². The number of pyridine rings is 2. The van der Waals surface area contributed by atoms with E-state index in [1.807, 2.05) is 12.1 Å². The van der Waals surface area contributed by atoms with Crippen LogP contribution in [0.2, 0.25) is 0 Å². The van der Waals surface area contributed by atoms with Crippen LogP contribution in [0.4, 0.5) is 27.3 Å². The van der Waals surface area contributed by atoms with E-state index in [4.69, 9.17) is 4.74 Å². The van der Waals surface area contributed by atoms with Crippen LogP contribution in [0.25, 0.3) is 10.9 Å². The standard InChI is InChI=1S/C51H53FN10O6/c52-33-1-3-34(4-2-33)56-49(66)51(16-17-51)50(67)57-35-5-8-39(9-6-35)68-44-13-18-53-42-25-36(7-10-40(42)44)60-20-14-31(15-21-60)27-61-37-24-38(61)30-59(29-37)22-19-54-45-23-32-28-62(48(65)41(32)26-55-45)43-11-12-46(63)58-47(43)64/h1-10,13,18,23,25-26,31,37-38,43H,11-12,14-17,19-22,24,27-30H2,(H,54,55)(H,56,66)(H,57,67)(H,58,63,64). The van der Waals surface area contributed by atoms with Crippen molar-refractivity contribution in [1.82, 2.24) is 30.0 Å². The number of halogens is 1. The van der Waals surface area contributed by atoms with Crippen molar-refractivity contribution < 1.29 is 33.1 Å². The number of rotatable bonds is 14.